The Hall–Kier alpha value is -3.47. The van der Waals surface area contributed by atoms with Crippen LogP contribution in [-0.2, 0) is 6.54 Å². The van der Waals surface area contributed by atoms with Crippen LogP contribution in [0.3, 0.4) is 0 Å². The van der Waals surface area contributed by atoms with Crippen molar-refractivity contribution < 1.29 is 9.59 Å². The molecule has 3 rings (SSSR count). The summed E-state index contributed by atoms with van der Waals surface area (Å²) in [6, 6.07) is 19.0. The van der Waals surface area contributed by atoms with Gasteiger partial charge in [-0.15, -0.1) is 0 Å². The summed E-state index contributed by atoms with van der Waals surface area (Å²) in [5.41, 5.74) is 3.66. The van der Waals surface area contributed by atoms with E-state index in [-0.39, 0.29) is 11.8 Å². The molecular formula is C23H23N3O2. The number of nitrogens with one attached hydrogen (secondary N) is 1. The zero-order valence-electron chi connectivity index (χ0n) is 16.1. The van der Waals surface area contributed by atoms with Crippen LogP contribution < -0.4 is 10.2 Å². The molecule has 0 aliphatic heterocycles. The van der Waals surface area contributed by atoms with Gasteiger partial charge in [0.05, 0.1) is 11.1 Å². The molecule has 5 heteroatoms. The molecule has 0 spiro atoms. The molecule has 0 saturated heterocycles. The Morgan fingerprint density at radius 2 is 1.71 bits per heavy atom. The third-order valence-corrected chi connectivity index (χ3v) is 4.42. The van der Waals surface area contributed by atoms with Crippen molar-refractivity contribution in [3.63, 3.8) is 0 Å². The first kappa shape index (κ1) is 19.3. The highest BCUT2D eigenvalue weighted by Crippen LogP contribution is 2.18. The number of aromatic nitrogens is 1. The van der Waals surface area contributed by atoms with Gasteiger partial charge in [0, 0.05) is 31.2 Å². The molecule has 0 aliphatic rings. The lowest BCUT2D eigenvalue weighted by atomic mass is 10.1. The molecule has 28 heavy (non-hydrogen) atoms. The second kappa shape index (κ2) is 8.95. The topological polar surface area (TPSA) is 62.3 Å². The molecule has 0 radical (unpaired) electrons. The van der Waals surface area contributed by atoms with Gasteiger partial charge in [0.2, 0.25) is 0 Å². The van der Waals surface area contributed by atoms with Gasteiger partial charge in [-0.3, -0.25) is 14.6 Å². The van der Waals surface area contributed by atoms with Crippen molar-refractivity contribution in [3.05, 3.63) is 95.3 Å². The lowest BCUT2D eigenvalue weighted by molar-refractivity contribution is 0.0950. The fourth-order valence-electron chi connectivity index (χ4n) is 2.96. The fraction of sp³-hybridized carbons (Fsp3) is 0.174. The summed E-state index contributed by atoms with van der Waals surface area (Å²) in [6.07, 6.45) is 2.97. The van der Waals surface area contributed by atoms with E-state index in [1.54, 1.807) is 11.0 Å². The number of hydrogen-bond acceptors (Lipinski definition) is 3. The highest BCUT2D eigenvalue weighted by Gasteiger charge is 2.18. The van der Waals surface area contributed by atoms with Crippen molar-refractivity contribution in [3.8, 4) is 0 Å². The molecule has 1 heterocycles. The van der Waals surface area contributed by atoms with E-state index in [1.807, 2.05) is 68.4 Å². The van der Waals surface area contributed by atoms with Crippen LogP contribution in [0, 0.1) is 6.92 Å². The van der Waals surface area contributed by atoms with Crippen LogP contribution in [0.2, 0.25) is 0 Å². The Morgan fingerprint density at radius 1 is 0.964 bits per heavy atom. The number of benzene rings is 2. The summed E-state index contributed by atoms with van der Waals surface area (Å²) >= 11 is 0. The van der Waals surface area contributed by atoms with Crippen LogP contribution >= 0.6 is 0 Å². The number of anilines is 1. The molecule has 0 saturated carbocycles. The van der Waals surface area contributed by atoms with E-state index in [2.05, 4.69) is 10.3 Å². The Balaban J connectivity index is 1.76. The fourth-order valence-corrected chi connectivity index (χ4v) is 2.96. The molecule has 1 N–H and O–H groups in total. The molecule has 1 aromatic heterocycles. The summed E-state index contributed by atoms with van der Waals surface area (Å²) in [5, 5.41) is 2.86. The second-order valence-electron chi connectivity index (χ2n) is 6.52. The van der Waals surface area contributed by atoms with E-state index >= 15 is 0 Å². The van der Waals surface area contributed by atoms with Gasteiger partial charge in [-0.05, 0) is 43.2 Å². The predicted octanol–water partition coefficient (Wildman–Crippen LogP) is 3.99. The number of carbonyl (C=O) groups excluding carboxylic acids is 2. The minimum absolute atomic E-state index is 0.182. The first-order valence-electron chi connectivity index (χ1n) is 9.24. The Labute approximate surface area is 165 Å². The molecule has 2 aromatic carbocycles. The molecule has 2 amide bonds. The normalized spacial score (nSPS) is 10.4. The van der Waals surface area contributed by atoms with Gasteiger partial charge in [0.25, 0.3) is 11.8 Å². The SMILES string of the molecule is CCN(C(=O)c1cncc(C(=O)NCc2ccccc2)c1)c1cccc(C)c1. The van der Waals surface area contributed by atoms with E-state index in [0.717, 1.165) is 16.8 Å². The maximum absolute atomic E-state index is 13.0. The Morgan fingerprint density at radius 3 is 2.43 bits per heavy atom. The summed E-state index contributed by atoms with van der Waals surface area (Å²) in [4.78, 5) is 31.2. The highest BCUT2D eigenvalue weighted by molar-refractivity contribution is 6.07. The number of amides is 2. The molecule has 0 atom stereocenters. The second-order valence-corrected chi connectivity index (χ2v) is 6.52. The summed E-state index contributed by atoms with van der Waals surface area (Å²) in [7, 11) is 0. The van der Waals surface area contributed by atoms with Crippen molar-refractivity contribution in [1.29, 1.82) is 0 Å². The molecule has 0 bridgehead atoms. The van der Waals surface area contributed by atoms with Gasteiger partial charge >= 0.3 is 0 Å². The maximum atomic E-state index is 13.0. The molecule has 0 aliphatic carbocycles. The van der Waals surface area contributed by atoms with Gasteiger partial charge in [0.1, 0.15) is 0 Å². The van der Waals surface area contributed by atoms with Gasteiger partial charge in [0.15, 0.2) is 0 Å². The number of pyridine rings is 1. The maximum Gasteiger partial charge on any atom is 0.259 e. The van der Waals surface area contributed by atoms with Crippen molar-refractivity contribution >= 4 is 17.5 Å². The number of rotatable bonds is 6. The van der Waals surface area contributed by atoms with Crippen LogP contribution in [0.1, 0.15) is 38.8 Å². The van der Waals surface area contributed by atoms with Crippen LogP contribution in [0.25, 0.3) is 0 Å². The van der Waals surface area contributed by atoms with E-state index < -0.39 is 0 Å². The first-order chi connectivity index (χ1) is 13.6. The molecule has 0 fully saturated rings. The average Bonchev–Trinajstić information content (AvgIpc) is 2.73. The molecule has 142 valence electrons. The van der Waals surface area contributed by atoms with Crippen LogP contribution in [0.15, 0.2) is 73.1 Å². The molecular weight excluding hydrogens is 350 g/mol. The van der Waals surface area contributed by atoms with E-state index in [4.69, 9.17) is 0 Å². The van der Waals surface area contributed by atoms with Crippen molar-refractivity contribution in [2.24, 2.45) is 0 Å². The zero-order chi connectivity index (χ0) is 19.9. The molecule has 0 unspecified atom stereocenters. The Bertz CT molecular complexity index is 970. The van der Waals surface area contributed by atoms with E-state index in [9.17, 15) is 9.59 Å². The van der Waals surface area contributed by atoms with E-state index in [1.165, 1.54) is 12.4 Å². The van der Waals surface area contributed by atoms with Gasteiger partial charge in [-0.2, -0.15) is 0 Å². The predicted molar refractivity (Wildman–Crippen MR) is 110 cm³/mol. The largest absolute Gasteiger partial charge is 0.348 e. The summed E-state index contributed by atoms with van der Waals surface area (Å²) in [5.74, 6) is -0.442. The molecule has 3 aromatic rings. The molecule has 5 nitrogen and oxygen atoms in total. The number of hydrogen-bond donors (Lipinski definition) is 1. The first-order valence-corrected chi connectivity index (χ1v) is 9.24. The van der Waals surface area contributed by atoms with Gasteiger partial charge in [-0.25, -0.2) is 0 Å². The minimum Gasteiger partial charge on any atom is -0.348 e. The number of aryl methyl sites for hydroxylation is 1. The quantitative estimate of drug-likeness (QED) is 0.711. The standard InChI is InChI=1S/C23H23N3O2/c1-3-26(21-11-7-8-17(2)12-21)23(28)20-13-19(15-24-16-20)22(27)25-14-18-9-5-4-6-10-18/h4-13,15-16H,3,14H2,1-2H3,(H,25,27). The van der Waals surface area contributed by atoms with Crippen molar-refractivity contribution in [2.75, 3.05) is 11.4 Å². The van der Waals surface area contributed by atoms with Crippen molar-refractivity contribution in [2.45, 2.75) is 20.4 Å². The summed E-state index contributed by atoms with van der Waals surface area (Å²) in [6.45, 7) is 4.85. The van der Waals surface area contributed by atoms with Crippen LogP contribution in [-0.4, -0.2) is 23.3 Å². The lowest BCUT2D eigenvalue weighted by Gasteiger charge is -2.21. The summed E-state index contributed by atoms with van der Waals surface area (Å²) < 4.78 is 0. The lowest BCUT2D eigenvalue weighted by Crippen LogP contribution is -2.31. The van der Waals surface area contributed by atoms with Crippen LogP contribution in [0.4, 0.5) is 5.69 Å². The van der Waals surface area contributed by atoms with Crippen molar-refractivity contribution in [1.82, 2.24) is 10.3 Å². The highest BCUT2D eigenvalue weighted by atomic mass is 16.2. The Kier molecular flexibility index (Phi) is 6.17. The zero-order valence-corrected chi connectivity index (χ0v) is 16.1. The number of nitrogens with zero attached hydrogens (tertiary/aromatic N) is 2. The van der Waals surface area contributed by atoms with Gasteiger partial charge in [-0.1, -0.05) is 42.5 Å². The van der Waals surface area contributed by atoms with Gasteiger partial charge < -0.3 is 10.2 Å². The number of carbonyl (C=O) groups is 2. The van der Waals surface area contributed by atoms with E-state index in [0.29, 0.717) is 24.2 Å². The van der Waals surface area contributed by atoms with Crippen LogP contribution in [0.5, 0.6) is 0 Å². The smallest absolute Gasteiger partial charge is 0.259 e. The third kappa shape index (κ3) is 4.62. The third-order valence-electron chi connectivity index (χ3n) is 4.42. The minimum atomic E-state index is -0.260. The monoisotopic (exact) mass is 373 g/mol. The average molecular weight is 373 g/mol.